The van der Waals surface area contributed by atoms with E-state index in [1.165, 1.54) is 0 Å². The molecule has 0 unspecified atom stereocenters. The number of hydrogen-bond donors (Lipinski definition) is 0. The molecule has 0 atom stereocenters. The Balaban J connectivity index is 2.73. The van der Waals surface area contributed by atoms with Crippen LogP contribution >= 0.6 is 0 Å². The van der Waals surface area contributed by atoms with Crippen LogP contribution in [0.1, 0.15) is 25.4 Å². The Labute approximate surface area is 83.2 Å². The van der Waals surface area contributed by atoms with Crippen LogP contribution in [0.5, 0.6) is 0 Å². The molecule has 0 N–H and O–H groups in total. The summed E-state index contributed by atoms with van der Waals surface area (Å²) < 4.78 is 0. The molecule has 0 saturated carbocycles. The zero-order valence-corrected chi connectivity index (χ0v) is 8.49. The van der Waals surface area contributed by atoms with Crippen LogP contribution in [0.15, 0.2) is 18.3 Å². The van der Waals surface area contributed by atoms with Gasteiger partial charge in [-0.3, -0.25) is 0 Å². The van der Waals surface area contributed by atoms with Crippen molar-refractivity contribution in [1.29, 1.82) is 0 Å². The van der Waals surface area contributed by atoms with Crippen LogP contribution in [0, 0.1) is 0 Å². The number of nitrogens with zero attached hydrogens (tertiary/aromatic N) is 3. The molecule has 2 aromatic rings. The lowest BCUT2D eigenvalue weighted by Gasteiger charge is -2.04. The highest BCUT2D eigenvalue weighted by Gasteiger charge is 2.04. The minimum absolute atomic E-state index is 0.816. The van der Waals surface area contributed by atoms with Crippen LogP contribution in [-0.4, -0.2) is 15.0 Å². The molecule has 2 rings (SSSR count). The van der Waals surface area contributed by atoms with Crippen molar-refractivity contribution in [2.24, 2.45) is 0 Å². The van der Waals surface area contributed by atoms with Crippen LogP contribution in [0.2, 0.25) is 0 Å². The van der Waals surface area contributed by atoms with Gasteiger partial charge in [-0.2, -0.15) is 0 Å². The van der Waals surface area contributed by atoms with Crippen molar-refractivity contribution in [3.63, 3.8) is 0 Å². The quantitative estimate of drug-likeness (QED) is 0.723. The molecule has 0 radical (unpaired) electrons. The third kappa shape index (κ3) is 1.45. The van der Waals surface area contributed by atoms with Gasteiger partial charge in [0.1, 0.15) is 5.82 Å². The Morgan fingerprint density at radius 3 is 2.71 bits per heavy atom. The fraction of sp³-hybridized carbons (Fsp3) is 0.364. The molecule has 0 bridgehead atoms. The molecule has 2 heterocycles. The second kappa shape index (κ2) is 3.70. The van der Waals surface area contributed by atoms with Crippen molar-refractivity contribution in [2.45, 2.75) is 26.7 Å². The summed E-state index contributed by atoms with van der Waals surface area (Å²) in [6.45, 7) is 4.16. The normalized spacial score (nSPS) is 10.7. The first-order valence-corrected chi connectivity index (χ1v) is 4.95. The van der Waals surface area contributed by atoms with Gasteiger partial charge >= 0.3 is 0 Å². The molecule has 0 saturated heterocycles. The van der Waals surface area contributed by atoms with E-state index < -0.39 is 0 Å². The highest BCUT2D eigenvalue weighted by Crippen LogP contribution is 2.13. The molecule has 3 heteroatoms. The average molecular weight is 187 g/mol. The van der Waals surface area contributed by atoms with E-state index in [2.05, 4.69) is 28.8 Å². The molecule has 0 fully saturated rings. The summed E-state index contributed by atoms with van der Waals surface area (Å²) in [4.78, 5) is 13.1. The largest absolute Gasteiger partial charge is 0.237 e. The van der Waals surface area contributed by atoms with E-state index in [-0.39, 0.29) is 0 Å². The van der Waals surface area contributed by atoms with Gasteiger partial charge in [0.2, 0.25) is 0 Å². The van der Waals surface area contributed by atoms with E-state index in [0.717, 1.165) is 35.4 Å². The monoisotopic (exact) mass is 187 g/mol. The maximum Gasteiger partial charge on any atom is 0.163 e. The number of aromatic nitrogens is 3. The summed E-state index contributed by atoms with van der Waals surface area (Å²) in [6, 6.07) is 3.96. The van der Waals surface area contributed by atoms with Crippen molar-refractivity contribution in [1.82, 2.24) is 15.0 Å². The van der Waals surface area contributed by atoms with Crippen molar-refractivity contribution in [3.8, 4) is 0 Å². The third-order valence-electron chi connectivity index (χ3n) is 2.25. The Morgan fingerprint density at radius 2 is 2.00 bits per heavy atom. The van der Waals surface area contributed by atoms with Gasteiger partial charge in [-0.05, 0) is 18.6 Å². The van der Waals surface area contributed by atoms with Gasteiger partial charge in [0.15, 0.2) is 5.65 Å². The summed E-state index contributed by atoms with van der Waals surface area (Å²) >= 11 is 0. The Kier molecular flexibility index (Phi) is 2.39. The summed E-state index contributed by atoms with van der Waals surface area (Å²) in [5.41, 5.74) is 1.91. The molecule has 3 nitrogen and oxygen atoms in total. The molecule has 14 heavy (non-hydrogen) atoms. The van der Waals surface area contributed by atoms with Gasteiger partial charge in [-0.1, -0.05) is 13.8 Å². The fourth-order valence-electron chi connectivity index (χ4n) is 1.50. The average Bonchev–Trinajstić information content (AvgIpc) is 2.27. The molecule has 0 spiro atoms. The topological polar surface area (TPSA) is 38.7 Å². The van der Waals surface area contributed by atoms with Gasteiger partial charge < -0.3 is 0 Å². The zero-order valence-electron chi connectivity index (χ0n) is 8.49. The lowest BCUT2D eigenvalue weighted by molar-refractivity contribution is 0.906. The molecule has 0 aliphatic rings. The second-order valence-corrected chi connectivity index (χ2v) is 3.17. The van der Waals surface area contributed by atoms with Crippen LogP contribution in [0.25, 0.3) is 11.0 Å². The summed E-state index contributed by atoms with van der Waals surface area (Å²) in [6.07, 6.45) is 3.56. The van der Waals surface area contributed by atoms with E-state index in [4.69, 9.17) is 0 Å². The minimum atomic E-state index is 0.816. The van der Waals surface area contributed by atoms with Crippen LogP contribution in [0.3, 0.4) is 0 Å². The fourth-order valence-corrected chi connectivity index (χ4v) is 1.50. The first-order chi connectivity index (χ1) is 6.85. The van der Waals surface area contributed by atoms with E-state index in [9.17, 15) is 0 Å². The lowest BCUT2D eigenvalue weighted by atomic mass is 10.2. The zero-order chi connectivity index (χ0) is 9.97. The smallest absolute Gasteiger partial charge is 0.163 e. The maximum atomic E-state index is 4.49. The van der Waals surface area contributed by atoms with Gasteiger partial charge in [0.05, 0.1) is 5.69 Å². The van der Waals surface area contributed by atoms with Crippen molar-refractivity contribution in [2.75, 3.05) is 0 Å². The van der Waals surface area contributed by atoms with Crippen LogP contribution < -0.4 is 0 Å². The van der Waals surface area contributed by atoms with Crippen molar-refractivity contribution < 1.29 is 0 Å². The number of fused-ring (bicyclic) bond motifs is 1. The lowest BCUT2D eigenvalue weighted by Crippen LogP contribution is -2.00. The van der Waals surface area contributed by atoms with E-state index in [1.807, 2.05) is 12.1 Å². The Hall–Kier alpha value is -1.51. The number of hydrogen-bond acceptors (Lipinski definition) is 3. The van der Waals surface area contributed by atoms with Crippen LogP contribution in [-0.2, 0) is 12.8 Å². The molecular formula is C11H13N3. The number of rotatable bonds is 2. The molecule has 0 aromatic carbocycles. The Morgan fingerprint density at radius 1 is 1.14 bits per heavy atom. The minimum Gasteiger partial charge on any atom is -0.237 e. The van der Waals surface area contributed by atoms with Gasteiger partial charge in [0.25, 0.3) is 0 Å². The number of pyridine rings is 1. The predicted molar refractivity (Wildman–Crippen MR) is 56.1 cm³/mol. The summed E-state index contributed by atoms with van der Waals surface area (Å²) in [5.74, 6) is 0.882. The number of aryl methyl sites for hydroxylation is 2. The van der Waals surface area contributed by atoms with E-state index in [0.29, 0.717) is 0 Å². The highest BCUT2D eigenvalue weighted by molar-refractivity contribution is 5.76. The predicted octanol–water partition coefficient (Wildman–Crippen LogP) is 2.15. The van der Waals surface area contributed by atoms with Gasteiger partial charge in [0, 0.05) is 18.0 Å². The van der Waals surface area contributed by atoms with Crippen molar-refractivity contribution >= 4 is 11.0 Å². The first-order valence-electron chi connectivity index (χ1n) is 4.95. The summed E-state index contributed by atoms with van der Waals surface area (Å²) in [7, 11) is 0. The molecule has 0 amide bonds. The second-order valence-electron chi connectivity index (χ2n) is 3.17. The molecular weight excluding hydrogens is 174 g/mol. The maximum absolute atomic E-state index is 4.49. The third-order valence-corrected chi connectivity index (χ3v) is 2.25. The van der Waals surface area contributed by atoms with Crippen LogP contribution in [0.4, 0.5) is 0 Å². The molecule has 72 valence electrons. The molecule has 0 aliphatic carbocycles. The first kappa shape index (κ1) is 9.06. The molecule has 2 aromatic heterocycles. The van der Waals surface area contributed by atoms with Gasteiger partial charge in [-0.25, -0.2) is 15.0 Å². The summed E-state index contributed by atoms with van der Waals surface area (Å²) in [5, 5.41) is 1.08. The van der Waals surface area contributed by atoms with E-state index >= 15 is 0 Å². The SMILES string of the molecule is CCc1nc(CC)c2cccnc2n1. The molecule has 0 aliphatic heterocycles. The van der Waals surface area contributed by atoms with E-state index in [1.54, 1.807) is 6.20 Å². The standard InChI is InChI=1S/C11H13N3/c1-3-9-8-6-5-7-12-11(8)14-10(4-2)13-9/h5-7H,3-4H2,1-2H3. The van der Waals surface area contributed by atoms with Crippen molar-refractivity contribution in [3.05, 3.63) is 29.8 Å². The Bertz CT molecular complexity index is 451. The highest BCUT2D eigenvalue weighted by atomic mass is 14.9. The van der Waals surface area contributed by atoms with Gasteiger partial charge in [-0.15, -0.1) is 0 Å².